The van der Waals surface area contributed by atoms with Gasteiger partial charge in [0.15, 0.2) is 0 Å². The summed E-state index contributed by atoms with van der Waals surface area (Å²) in [6.45, 7) is 4.63. The van der Waals surface area contributed by atoms with E-state index in [-0.39, 0.29) is 11.8 Å². The molecule has 0 heterocycles. The van der Waals surface area contributed by atoms with Gasteiger partial charge in [0.1, 0.15) is 0 Å². The molecule has 3 heteroatoms. The predicted molar refractivity (Wildman–Crippen MR) is 72.0 cm³/mol. The van der Waals surface area contributed by atoms with E-state index >= 15 is 0 Å². The lowest BCUT2D eigenvalue weighted by molar-refractivity contribution is -0.121. The fourth-order valence-corrected chi connectivity index (χ4v) is 1.94. The summed E-state index contributed by atoms with van der Waals surface area (Å²) >= 11 is 0. The van der Waals surface area contributed by atoms with Gasteiger partial charge in [-0.1, -0.05) is 25.1 Å². The maximum Gasteiger partial charge on any atom is 0.229 e. The standard InChI is InChI=1S/C14H22N2O/c1-11-7-4-5-9-13(11)16(3)14(17)12(2)8-6-10-15/h4-5,7,9,12H,6,8,10,15H2,1-3H3. The molecule has 1 rings (SSSR count). The lowest BCUT2D eigenvalue weighted by atomic mass is 10.0. The summed E-state index contributed by atoms with van der Waals surface area (Å²) in [6, 6.07) is 7.93. The van der Waals surface area contributed by atoms with Crippen LogP contribution in [0.2, 0.25) is 0 Å². The van der Waals surface area contributed by atoms with Crippen LogP contribution in [0.3, 0.4) is 0 Å². The first kappa shape index (κ1) is 13.7. The van der Waals surface area contributed by atoms with Gasteiger partial charge in [0, 0.05) is 18.7 Å². The van der Waals surface area contributed by atoms with Crippen molar-refractivity contribution in [1.82, 2.24) is 0 Å². The summed E-state index contributed by atoms with van der Waals surface area (Å²) in [7, 11) is 1.84. The Balaban J connectivity index is 2.73. The van der Waals surface area contributed by atoms with Crippen LogP contribution >= 0.6 is 0 Å². The maximum atomic E-state index is 12.2. The number of rotatable bonds is 5. The quantitative estimate of drug-likeness (QED) is 0.850. The lowest BCUT2D eigenvalue weighted by Crippen LogP contribution is -2.32. The average Bonchev–Trinajstić information content (AvgIpc) is 2.34. The molecule has 0 radical (unpaired) electrons. The number of amides is 1. The van der Waals surface area contributed by atoms with Crippen LogP contribution in [-0.4, -0.2) is 19.5 Å². The van der Waals surface area contributed by atoms with E-state index in [0.717, 1.165) is 24.1 Å². The van der Waals surface area contributed by atoms with Crippen molar-refractivity contribution < 1.29 is 4.79 Å². The van der Waals surface area contributed by atoms with E-state index < -0.39 is 0 Å². The Morgan fingerprint density at radius 1 is 1.41 bits per heavy atom. The minimum absolute atomic E-state index is 0.0307. The molecule has 0 aliphatic rings. The van der Waals surface area contributed by atoms with Gasteiger partial charge in [0.2, 0.25) is 5.91 Å². The van der Waals surface area contributed by atoms with Crippen LogP contribution in [0.1, 0.15) is 25.3 Å². The number of benzene rings is 1. The van der Waals surface area contributed by atoms with Crippen LogP contribution in [0.4, 0.5) is 5.69 Å². The van der Waals surface area contributed by atoms with Crippen LogP contribution in [0.5, 0.6) is 0 Å². The first-order valence-electron chi connectivity index (χ1n) is 6.11. The van der Waals surface area contributed by atoms with Gasteiger partial charge in [-0.25, -0.2) is 0 Å². The van der Waals surface area contributed by atoms with Crippen molar-refractivity contribution in [2.24, 2.45) is 11.7 Å². The van der Waals surface area contributed by atoms with Crippen molar-refractivity contribution in [3.05, 3.63) is 29.8 Å². The van der Waals surface area contributed by atoms with E-state index in [2.05, 4.69) is 0 Å². The summed E-state index contributed by atoms with van der Waals surface area (Å²) in [5.41, 5.74) is 7.57. The highest BCUT2D eigenvalue weighted by Crippen LogP contribution is 2.20. The van der Waals surface area contributed by atoms with Crippen LogP contribution < -0.4 is 10.6 Å². The number of nitrogens with two attached hydrogens (primary N) is 1. The molecule has 1 amide bonds. The summed E-state index contributed by atoms with van der Waals surface area (Å²) in [5, 5.41) is 0. The molecule has 1 aromatic rings. The Labute approximate surface area is 104 Å². The molecule has 0 spiro atoms. The average molecular weight is 234 g/mol. The lowest BCUT2D eigenvalue weighted by Gasteiger charge is -2.23. The molecule has 0 bridgehead atoms. The second kappa shape index (κ2) is 6.40. The van der Waals surface area contributed by atoms with Crippen LogP contribution in [0.25, 0.3) is 0 Å². The number of nitrogens with zero attached hydrogens (tertiary/aromatic N) is 1. The molecule has 94 valence electrons. The molecular formula is C14H22N2O. The summed E-state index contributed by atoms with van der Waals surface area (Å²) in [4.78, 5) is 13.9. The summed E-state index contributed by atoms with van der Waals surface area (Å²) in [5.74, 6) is 0.191. The number of para-hydroxylation sites is 1. The normalized spacial score (nSPS) is 12.2. The summed E-state index contributed by atoms with van der Waals surface area (Å²) < 4.78 is 0. The zero-order chi connectivity index (χ0) is 12.8. The first-order chi connectivity index (χ1) is 8.07. The van der Waals surface area contributed by atoms with Crippen molar-refractivity contribution in [3.63, 3.8) is 0 Å². The van der Waals surface area contributed by atoms with Gasteiger partial charge in [-0.05, 0) is 37.9 Å². The molecule has 1 unspecified atom stereocenters. The molecule has 0 aromatic heterocycles. The summed E-state index contributed by atoms with van der Waals surface area (Å²) in [6.07, 6.45) is 1.75. The fourth-order valence-electron chi connectivity index (χ4n) is 1.94. The molecule has 17 heavy (non-hydrogen) atoms. The van der Waals surface area contributed by atoms with Crippen molar-refractivity contribution in [3.8, 4) is 0 Å². The Morgan fingerprint density at radius 3 is 2.65 bits per heavy atom. The third-order valence-corrected chi connectivity index (χ3v) is 3.07. The predicted octanol–water partition coefficient (Wildman–Crippen LogP) is 2.33. The maximum absolute atomic E-state index is 12.2. The Bertz CT molecular complexity index is 376. The van der Waals surface area contributed by atoms with Gasteiger partial charge in [0.25, 0.3) is 0 Å². The van der Waals surface area contributed by atoms with E-state index in [1.54, 1.807) is 4.90 Å². The van der Waals surface area contributed by atoms with Gasteiger partial charge >= 0.3 is 0 Å². The smallest absolute Gasteiger partial charge is 0.229 e. The zero-order valence-corrected chi connectivity index (χ0v) is 10.9. The Morgan fingerprint density at radius 2 is 2.06 bits per heavy atom. The first-order valence-corrected chi connectivity index (χ1v) is 6.11. The van der Waals surface area contributed by atoms with E-state index in [1.807, 2.05) is 45.2 Å². The zero-order valence-electron chi connectivity index (χ0n) is 10.9. The molecule has 0 fully saturated rings. The highest BCUT2D eigenvalue weighted by molar-refractivity contribution is 5.94. The number of aryl methyl sites for hydroxylation is 1. The second-order valence-corrected chi connectivity index (χ2v) is 4.52. The van der Waals surface area contributed by atoms with E-state index in [1.165, 1.54) is 0 Å². The number of carbonyl (C=O) groups is 1. The molecule has 2 N–H and O–H groups in total. The van der Waals surface area contributed by atoms with E-state index in [0.29, 0.717) is 6.54 Å². The van der Waals surface area contributed by atoms with Gasteiger partial charge in [-0.2, -0.15) is 0 Å². The highest BCUT2D eigenvalue weighted by atomic mass is 16.2. The molecular weight excluding hydrogens is 212 g/mol. The van der Waals surface area contributed by atoms with Gasteiger partial charge in [-0.15, -0.1) is 0 Å². The van der Waals surface area contributed by atoms with Crippen LogP contribution in [0.15, 0.2) is 24.3 Å². The van der Waals surface area contributed by atoms with Crippen molar-refractivity contribution in [2.45, 2.75) is 26.7 Å². The molecule has 0 saturated heterocycles. The Hall–Kier alpha value is -1.35. The second-order valence-electron chi connectivity index (χ2n) is 4.52. The molecule has 3 nitrogen and oxygen atoms in total. The largest absolute Gasteiger partial charge is 0.330 e. The van der Waals surface area contributed by atoms with Gasteiger partial charge in [0.05, 0.1) is 0 Å². The van der Waals surface area contributed by atoms with Crippen molar-refractivity contribution in [1.29, 1.82) is 0 Å². The minimum Gasteiger partial charge on any atom is -0.330 e. The molecule has 1 atom stereocenters. The van der Waals surface area contributed by atoms with Gasteiger partial charge in [-0.3, -0.25) is 4.79 Å². The molecule has 0 aliphatic heterocycles. The number of hydrogen-bond acceptors (Lipinski definition) is 2. The third-order valence-electron chi connectivity index (χ3n) is 3.07. The van der Waals surface area contributed by atoms with Gasteiger partial charge < -0.3 is 10.6 Å². The van der Waals surface area contributed by atoms with E-state index in [9.17, 15) is 4.79 Å². The monoisotopic (exact) mass is 234 g/mol. The van der Waals surface area contributed by atoms with Crippen molar-refractivity contribution in [2.75, 3.05) is 18.5 Å². The van der Waals surface area contributed by atoms with Crippen molar-refractivity contribution >= 4 is 11.6 Å². The number of anilines is 1. The minimum atomic E-state index is 0.0307. The van der Waals surface area contributed by atoms with Crippen LogP contribution in [0, 0.1) is 12.8 Å². The topological polar surface area (TPSA) is 46.3 Å². The number of carbonyl (C=O) groups excluding carboxylic acids is 1. The van der Waals surface area contributed by atoms with E-state index in [4.69, 9.17) is 5.73 Å². The molecule has 0 aliphatic carbocycles. The third kappa shape index (κ3) is 3.56. The number of hydrogen-bond donors (Lipinski definition) is 1. The highest BCUT2D eigenvalue weighted by Gasteiger charge is 2.18. The SMILES string of the molecule is Cc1ccccc1N(C)C(=O)C(C)CCCN. The molecule has 0 saturated carbocycles. The Kier molecular flexibility index (Phi) is 5.16. The van der Waals surface area contributed by atoms with Crippen LogP contribution in [-0.2, 0) is 4.79 Å². The fraction of sp³-hybridized carbons (Fsp3) is 0.500. The molecule has 1 aromatic carbocycles.